The Bertz CT molecular complexity index is 757. The van der Waals surface area contributed by atoms with Gasteiger partial charge in [0, 0.05) is 22.3 Å². The third-order valence-electron chi connectivity index (χ3n) is 3.68. The van der Waals surface area contributed by atoms with Gasteiger partial charge in [0.2, 0.25) is 0 Å². The molecule has 3 nitrogen and oxygen atoms in total. The molecule has 0 bridgehead atoms. The SMILES string of the molecule is COc1cccc(-c2cn3c4c(sc3n2)CCC4)c1. The predicted molar refractivity (Wildman–Crippen MR) is 77.1 cm³/mol. The summed E-state index contributed by atoms with van der Waals surface area (Å²) < 4.78 is 7.54. The van der Waals surface area contributed by atoms with Crippen molar-refractivity contribution in [1.29, 1.82) is 0 Å². The molecule has 2 aromatic heterocycles. The zero-order chi connectivity index (χ0) is 12.8. The quantitative estimate of drug-likeness (QED) is 0.712. The molecule has 0 amide bonds. The van der Waals surface area contributed by atoms with Crippen LogP contribution in [-0.4, -0.2) is 16.5 Å². The van der Waals surface area contributed by atoms with Crippen LogP contribution in [0.15, 0.2) is 30.5 Å². The van der Waals surface area contributed by atoms with E-state index in [0.717, 1.165) is 22.0 Å². The molecular formula is C15H14N2OS. The van der Waals surface area contributed by atoms with Crippen molar-refractivity contribution in [1.82, 2.24) is 9.38 Å². The summed E-state index contributed by atoms with van der Waals surface area (Å²) in [4.78, 5) is 7.37. The van der Waals surface area contributed by atoms with Crippen LogP contribution in [0.2, 0.25) is 0 Å². The molecule has 1 aromatic carbocycles. The smallest absolute Gasteiger partial charge is 0.194 e. The number of thiazole rings is 1. The number of methoxy groups -OCH3 is 1. The van der Waals surface area contributed by atoms with E-state index in [-0.39, 0.29) is 0 Å². The molecule has 0 atom stereocenters. The number of ether oxygens (including phenoxy) is 1. The Hall–Kier alpha value is -1.81. The van der Waals surface area contributed by atoms with Crippen LogP contribution in [0, 0.1) is 0 Å². The van der Waals surface area contributed by atoms with Crippen LogP contribution < -0.4 is 4.74 Å². The van der Waals surface area contributed by atoms with Crippen molar-refractivity contribution in [2.45, 2.75) is 19.3 Å². The van der Waals surface area contributed by atoms with Crippen LogP contribution >= 0.6 is 11.3 Å². The molecule has 4 heteroatoms. The van der Waals surface area contributed by atoms with Crippen molar-refractivity contribution in [3.63, 3.8) is 0 Å². The van der Waals surface area contributed by atoms with Gasteiger partial charge >= 0.3 is 0 Å². The average Bonchev–Trinajstić information content (AvgIpc) is 3.09. The van der Waals surface area contributed by atoms with Crippen molar-refractivity contribution < 1.29 is 4.74 Å². The summed E-state index contributed by atoms with van der Waals surface area (Å²) in [6.07, 6.45) is 5.84. The van der Waals surface area contributed by atoms with Crippen molar-refractivity contribution in [3.8, 4) is 17.0 Å². The highest BCUT2D eigenvalue weighted by Gasteiger charge is 2.19. The summed E-state index contributed by atoms with van der Waals surface area (Å²) in [7, 11) is 1.69. The lowest BCUT2D eigenvalue weighted by molar-refractivity contribution is 0.415. The van der Waals surface area contributed by atoms with Gasteiger partial charge in [-0.05, 0) is 31.4 Å². The largest absolute Gasteiger partial charge is 0.497 e. The minimum absolute atomic E-state index is 0.874. The molecule has 0 saturated heterocycles. The first-order valence-electron chi connectivity index (χ1n) is 6.49. The second kappa shape index (κ2) is 4.10. The minimum Gasteiger partial charge on any atom is -0.497 e. The molecule has 0 radical (unpaired) electrons. The summed E-state index contributed by atoms with van der Waals surface area (Å²) in [6, 6.07) is 8.08. The molecule has 19 heavy (non-hydrogen) atoms. The molecule has 2 heterocycles. The van der Waals surface area contributed by atoms with Gasteiger partial charge in [-0.15, -0.1) is 11.3 Å². The van der Waals surface area contributed by atoms with E-state index >= 15 is 0 Å². The van der Waals surface area contributed by atoms with Crippen molar-refractivity contribution in [2.75, 3.05) is 7.11 Å². The Labute approximate surface area is 115 Å². The zero-order valence-electron chi connectivity index (χ0n) is 10.7. The van der Waals surface area contributed by atoms with Crippen LogP contribution in [-0.2, 0) is 12.8 Å². The van der Waals surface area contributed by atoms with Crippen LogP contribution in [0.25, 0.3) is 16.2 Å². The standard InChI is InChI=1S/C15H14N2OS/c1-18-11-5-2-4-10(8-11)12-9-17-13-6-3-7-14(13)19-15(17)16-12/h2,4-5,8-9H,3,6-7H2,1H3. The molecule has 3 aromatic rings. The Balaban J connectivity index is 1.84. The lowest BCUT2D eigenvalue weighted by atomic mass is 10.1. The summed E-state index contributed by atoms with van der Waals surface area (Å²) in [5.74, 6) is 0.874. The molecule has 1 aliphatic carbocycles. The fourth-order valence-corrected chi connectivity index (χ4v) is 3.92. The van der Waals surface area contributed by atoms with E-state index in [4.69, 9.17) is 9.72 Å². The summed E-state index contributed by atoms with van der Waals surface area (Å²) in [6.45, 7) is 0. The fourth-order valence-electron chi connectivity index (χ4n) is 2.73. The van der Waals surface area contributed by atoms with Crippen molar-refractivity contribution in [2.24, 2.45) is 0 Å². The average molecular weight is 270 g/mol. The number of nitrogens with zero attached hydrogens (tertiary/aromatic N) is 2. The molecule has 4 rings (SSSR count). The first-order valence-corrected chi connectivity index (χ1v) is 7.31. The molecule has 0 unspecified atom stereocenters. The van der Waals surface area contributed by atoms with E-state index < -0.39 is 0 Å². The Morgan fingerprint density at radius 1 is 1.32 bits per heavy atom. The number of benzene rings is 1. The van der Waals surface area contributed by atoms with Gasteiger partial charge in [-0.25, -0.2) is 4.98 Å². The van der Waals surface area contributed by atoms with E-state index in [9.17, 15) is 0 Å². The topological polar surface area (TPSA) is 26.5 Å². The van der Waals surface area contributed by atoms with Gasteiger partial charge in [-0.1, -0.05) is 12.1 Å². The van der Waals surface area contributed by atoms with Gasteiger partial charge in [0.1, 0.15) is 5.75 Å². The normalized spacial score (nSPS) is 13.9. The molecular weight excluding hydrogens is 256 g/mol. The third-order valence-corrected chi connectivity index (χ3v) is 4.84. The van der Waals surface area contributed by atoms with E-state index in [1.165, 1.54) is 29.8 Å². The number of fused-ring (bicyclic) bond motifs is 3. The predicted octanol–water partition coefficient (Wildman–Crippen LogP) is 3.56. The van der Waals surface area contributed by atoms with E-state index in [2.05, 4.69) is 16.7 Å². The molecule has 0 saturated carbocycles. The highest BCUT2D eigenvalue weighted by Crippen LogP contribution is 2.33. The number of aryl methyl sites for hydroxylation is 2. The highest BCUT2D eigenvalue weighted by molar-refractivity contribution is 7.17. The van der Waals surface area contributed by atoms with E-state index in [0.29, 0.717) is 0 Å². The van der Waals surface area contributed by atoms with Gasteiger partial charge in [0.25, 0.3) is 0 Å². The molecule has 96 valence electrons. The highest BCUT2D eigenvalue weighted by atomic mass is 32.1. The van der Waals surface area contributed by atoms with Crippen LogP contribution in [0.4, 0.5) is 0 Å². The monoisotopic (exact) mass is 270 g/mol. The number of hydrogen-bond donors (Lipinski definition) is 0. The zero-order valence-corrected chi connectivity index (χ0v) is 11.5. The van der Waals surface area contributed by atoms with Gasteiger partial charge in [-0.2, -0.15) is 0 Å². The molecule has 0 fully saturated rings. The summed E-state index contributed by atoms with van der Waals surface area (Å²) >= 11 is 1.83. The fraction of sp³-hybridized carbons (Fsp3) is 0.267. The van der Waals surface area contributed by atoms with Crippen molar-refractivity contribution in [3.05, 3.63) is 41.0 Å². The summed E-state index contributed by atoms with van der Waals surface area (Å²) in [5, 5.41) is 0. The first-order chi connectivity index (χ1) is 9.35. The van der Waals surface area contributed by atoms with Crippen molar-refractivity contribution >= 4 is 16.3 Å². The van der Waals surface area contributed by atoms with Gasteiger partial charge in [0.15, 0.2) is 4.96 Å². The Kier molecular flexibility index (Phi) is 2.38. The van der Waals surface area contributed by atoms with Crippen LogP contribution in [0.1, 0.15) is 17.0 Å². The maximum atomic E-state index is 5.27. The molecule has 0 N–H and O–H groups in total. The second-order valence-electron chi connectivity index (χ2n) is 4.84. The lowest BCUT2D eigenvalue weighted by Gasteiger charge is -2.01. The van der Waals surface area contributed by atoms with Crippen LogP contribution in [0.3, 0.4) is 0 Å². The number of imidazole rings is 1. The van der Waals surface area contributed by atoms with Gasteiger partial charge < -0.3 is 4.74 Å². The maximum absolute atomic E-state index is 5.27. The Morgan fingerprint density at radius 3 is 3.16 bits per heavy atom. The second-order valence-corrected chi connectivity index (χ2v) is 5.90. The molecule has 0 aliphatic heterocycles. The van der Waals surface area contributed by atoms with Gasteiger partial charge in [-0.3, -0.25) is 4.40 Å². The maximum Gasteiger partial charge on any atom is 0.194 e. The number of rotatable bonds is 2. The Morgan fingerprint density at radius 2 is 2.26 bits per heavy atom. The van der Waals surface area contributed by atoms with E-state index in [1.807, 2.05) is 29.5 Å². The summed E-state index contributed by atoms with van der Waals surface area (Å²) in [5.41, 5.74) is 3.60. The molecule has 0 spiro atoms. The van der Waals surface area contributed by atoms with E-state index in [1.54, 1.807) is 7.11 Å². The third kappa shape index (κ3) is 1.67. The number of hydrogen-bond acceptors (Lipinski definition) is 3. The lowest BCUT2D eigenvalue weighted by Crippen LogP contribution is -1.85. The molecule has 1 aliphatic rings. The number of aromatic nitrogens is 2. The van der Waals surface area contributed by atoms with Gasteiger partial charge in [0.05, 0.1) is 12.8 Å². The van der Waals surface area contributed by atoms with Crippen LogP contribution in [0.5, 0.6) is 5.75 Å². The minimum atomic E-state index is 0.874. The first kappa shape index (κ1) is 11.1.